The molecule has 2 aromatic carbocycles. The van der Waals surface area contributed by atoms with Crippen LogP contribution in [0.2, 0.25) is 0 Å². The first-order valence-electron chi connectivity index (χ1n) is 8.80. The Kier molecular flexibility index (Phi) is 4.59. The average Bonchev–Trinajstić information content (AvgIpc) is 3.20. The van der Waals surface area contributed by atoms with E-state index in [1.165, 1.54) is 0 Å². The summed E-state index contributed by atoms with van der Waals surface area (Å²) < 4.78 is 0. The summed E-state index contributed by atoms with van der Waals surface area (Å²) in [5, 5.41) is 17.3. The number of rotatable bonds is 3. The van der Waals surface area contributed by atoms with Crippen LogP contribution in [0.4, 0.5) is 5.69 Å². The van der Waals surface area contributed by atoms with Gasteiger partial charge in [0.25, 0.3) is 0 Å². The molecule has 2 heterocycles. The number of hydrazine groups is 1. The molecule has 4 nitrogen and oxygen atoms in total. The van der Waals surface area contributed by atoms with Crippen molar-refractivity contribution in [1.29, 1.82) is 5.26 Å². The van der Waals surface area contributed by atoms with Crippen molar-refractivity contribution in [1.82, 2.24) is 5.01 Å². The fraction of sp³-hybridized carbons (Fsp3) is 0.238. The SMILES string of the molecule is N#Cc1ccc(N2CCCCN2C(=O)Cc2cccs2)c2ccccc12. The quantitative estimate of drug-likeness (QED) is 0.696. The minimum absolute atomic E-state index is 0.126. The molecule has 1 aliphatic rings. The molecule has 1 fully saturated rings. The first-order chi connectivity index (χ1) is 12.8. The highest BCUT2D eigenvalue weighted by Gasteiger charge is 2.26. The van der Waals surface area contributed by atoms with Gasteiger partial charge in [0.1, 0.15) is 0 Å². The van der Waals surface area contributed by atoms with Gasteiger partial charge in [-0.1, -0.05) is 30.3 Å². The molecule has 0 aliphatic carbocycles. The van der Waals surface area contributed by atoms with Crippen molar-refractivity contribution >= 4 is 33.7 Å². The van der Waals surface area contributed by atoms with Crippen LogP contribution in [0.1, 0.15) is 23.3 Å². The standard InChI is InChI=1S/C21H19N3OS/c22-15-16-9-10-20(19-8-2-1-7-18(16)19)23-11-3-4-12-24(23)21(25)14-17-6-5-13-26-17/h1-2,5-10,13H,3-4,11-12,14H2. The van der Waals surface area contributed by atoms with E-state index in [-0.39, 0.29) is 5.91 Å². The van der Waals surface area contributed by atoms with Crippen molar-refractivity contribution < 1.29 is 4.79 Å². The van der Waals surface area contributed by atoms with E-state index in [4.69, 9.17) is 0 Å². The molecule has 0 unspecified atom stereocenters. The predicted octanol–water partition coefficient (Wildman–Crippen LogP) is 4.36. The molecule has 0 N–H and O–H groups in total. The lowest BCUT2D eigenvalue weighted by Crippen LogP contribution is -2.51. The van der Waals surface area contributed by atoms with Crippen LogP contribution in [0, 0.1) is 11.3 Å². The number of benzene rings is 2. The number of fused-ring (bicyclic) bond motifs is 1. The fourth-order valence-electron chi connectivity index (χ4n) is 3.53. The van der Waals surface area contributed by atoms with E-state index in [0.29, 0.717) is 12.0 Å². The zero-order chi connectivity index (χ0) is 17.9. The van der Waals surface area contributed by atoms with E-state index in [9.17, 15) is 10.1 Å². The summed E-state index contributed by atoms with van der Waals surface area (Å²) in [7, 11) is 0. The van der Waals surface area contributed by atoms with Gasteiger partial charge in [-0.3, -0.25) is 14.8 Å². The topological polar surface area (TPSA) is 47.3 Å². The Morgan fingerprint density at radius 3 is 2.62 bits per heavy atom. The third kappa shape index (κ3) is 3.04. The molecule has 1 amide bonds. The number of thiophene rings is 1. The summed E-state index contributed by atoms with van der Waals surface area (Å²) in [6.45, 7) is 1.55. The molecule has 5 heteroatoms. The number of hydrogen-bond donors (Lipinski definition) is 0. The molecule has 0 atom stereocenters. The van der Waals surface area contributed by atoms with Gasteiger partial charge in [0.15, 0.2) is 0 Å². The molecule has 3 aromatic rings. The maximum atomic E-state index is 12.9. The largest absolute Gasteiger partial charge is 0.282 e. The zero-order valence-electron chi connectivity index (χ0n) is 14.4. The van der Waals surface area contributed by atoms with E-state index >= 15 is 0 Å². The Morgan fingerprint density at radius 1 is 1.04 bits per heavy atom. The Labute approximate surface area is 156 Å². The molecule has 0 radical (unpaired) electrons. The molecule has 26 heavy (non-hydrogen) atoms. The summed E-state index contributed by atoms with van der Waals surface area (Å²) in [5.41, 5.74) is 1.66. The number of carbonyl (C=O) groups excluding carboxylic acids is 1. The lowest BCUT2D eigenvalue weighted by molar-refractivity contribution is -0.131. The highest BCUT2D eigenvalue weighted by molar-refractivity contribution is 7.10. The molecular formula is C21H19N3OS. The van der Waals surface area contributed by atoms with Gasteiger partial charge in [0, 0.05) is 28.7 Å². The third-order valence-electron chi connectivity index (χ3n) is 4.77. The fourth-order valence-corrected chi connectivity index (χ4v) is 4.23. The number of carbonyl (C=O) groups is 1. The van der Waals surface area contributed by atoms with Gasteiger partial charge in [-0.15, -0.1) is 11.3 Å². The van der Waals surface area contributed by atoms with Gasteiger partial charge >= 0.3 is 0 Å². The van der Waals surface area contributed by atoms with Crippen molar-refractivity contribution in [3.05, 3.63) is 64.4 Å². The first-order valence-corrected chi connectivity index (χ1v) is 9.68. The number of hydrogen-bond acceptors (Lipinski definition) is 4. The van der Waals surface area contributed by atoms with Crippen LogP contribution in [-0.2, 0) is 11.2 Å². The third-order valence-corrected chi connectivity index (χ3v) is 5.65. The minimum atomic E-state index is 0.126. The predicted molar refractivity (Wildman–Crippen MR) is 105 cm³/mol. The first kappa shape index (κ1) is 16.6. The Bertz CT molecular complexity index is 975. The molecule has 0 saturated carbocycles. The summed E-state index contributed by atoms with van der Waals surface area (Å²) in [5.74, 6) is 0.126. The molecular weight excluding hydrogens is 342 g/mol. The van der Waals surface area contributed by atoms with Gasteiger partial charge < -0.3 is 0 Å². The van der Waals surface area contributed by atoms with E-state index in [1.807, 2.05) is 58.9 Å². The number of nitrogens with zero attached hydrogens (tertiary/aromatic N) is 3. The summed E-state index contributed by atoms with van der Waals surface area (Å²) >= 11 is 1.62. The monoisotopic (exact) mass is 361 g/mol. The lowest BCUT2D eigenvalue weighted by atomic mass is 10.0. The Balaban J connectivity index is 1.72. The average molecular weight is 361 g/mol. The van der Waals surface area contributed by atoms with Crippen molar-refractivity contribution in [3.8, 4) is 6.07 Å². The highest BCUT2D eigenvalue weighted by Crippen LogP contribution is 2.32. The lowest BCUT2D eigenvalue weighted by Gasteiger charge is -2.40. The smallest absolute Gasteiger partial charge is 0.246 e. The van der Waals surface area contributed by atoms with Gasteiger partial charge in [-0.2, -0.15) is 5.26 Å². The van der Waals surface area contributed by atoms with E-state index in [2.05, 4.69) is 11.1 Å². The van der Waals surface area contributed by atoms with Crippen LogP contribution >= 0.6 is 11.3 Å². The van der Waals surface area contributed by atoms with Crippen LogP contribution in [0.25, 0.3) is 10.8 Å². The second-order valence-corrected chi connectivity index (χ2v) is 7.43. The normalized spacial score (nSPS) is 14.4. The molecule has 1 aromatic heterocycles. The van der Waals surface area contributed by atoms with E-state index in [1.54, 1.807) is 11.3 Å². The van der Waals surface area contributed by atoms with Crippen molar-refractivity contribution in [2.45, 2.75) is 19.3 Å². The minimum Gasteiger partial charge on any atom is -0.282 e. The number of anilines is 1. The van der Waals surface area contributed by atoms with Crippen LogP contribution in [0.5, 0.6) is 0 Å². The maximum Gasteiger partial charge on any atom is 0.246 e. The van der Waals surface area contributed by atoms with Crippen molar-refractivity contribution in [2.75, 3.05) is 18.1 Å². The molecule has 0 bridgehead atoms. The summed E-state index contributed by atoms with van der Waals surface area (Å²) in [4.78, 5) is 14.0. The number of amides is 1. The van der Waals surface area contributed by atoms with Crippen LogP contribution in [-0.4, -0.2) is 24.0 Å². The Hall–Kier alpha value is -2.84. The van der Waals surface area contributed by atoms with Gasteiger partial charge in [-0.05, 0) is 36.4 Å². The molecule has 1 aliphatic heterocycles. The van der Waals surface area contributed by atoms with E-state index in [0.717, 1.165) is 47.3 Å². The summed E-state index contributed by atoms with van der Waals surface area (Å²) in [6.07, 6.45) is 2.50. The van der Waals surface area contributed by atoms with Crippen molar-refractivity contribution in [3.63, 3.8) is 0 Å². The zero-order valence-corrected chi connectivity index (χ0v) is 15.2. The molecule has 130 valence electrons. The summed E-state index contributed by atoms with van der Waals surface area (Å²) in [6, 6.07) is 18.0. The molecule has 4 rings (SSSR count). The molecule has 0 spiro atoms. The van der Waals surface area contributed by atoms with Gasteiger partial charge in [-0.25, -0.2) is 0 Å². The molecule has 1 saturated heterocycles. The second-order valence-electron chi connectivity index (χ2n) is 6.39. The second kappa shape index (κ2) is 7.19. The number of nitriles is 1. The van der Waals surface area contributed by atoms with Crippen LogP contribution in [0.3, 0.4) is 0 Å². The van der Waals surface area contributed by atoms with Crippen molar-refractivity contribution in [2.24, 2.45) is 0 Å². The maximum absolute atomic E-state index is 12.9. The Morgan fingerprint density at radius 2 is 1.85 bits per heavy atom. The highest BCUT2D eigenvalue weighted by atomic mass is 32.1. The van der Waals surface area contributed by atoms with Gasteiger partial charge in [0.05, 0.1) is 23.7 Å². The van der Waals surface area contributed by atoms with Gasteiger partial charge in [0.2, 0.25) is 5.91 Å². The van der Waals surface area contributed by atoms with Crippen LogP contribution < -0.4 is 5.01 Å². The van der Waals surface area contributed by atoms with E-state index < -0.39 is 0 Å². The van der Waals surface area contributed by atoms with Crippen LogP contribution in [0.15, 0.2) is 53.9 Å².